The minimum Gasteiger partial charge on any atom is -0.299 e. The van der Waals surface area contributed by atoms with Crippen LogP contribution in [-0.2, 0) is 11.2 Å². The van der Waals surface area contributed by atoms with E-state index in [1.54, 1.807) is 0 Å². The smallest absolute Gasteiger partial charge is 0.137 e. The predicted molar refractivity (Wildman–Crippen MR) is 78.0 cm³/mol. The van der Waals surface area contributed by atoms with E-state index >= 15 is 0 Å². The van der Waals surface area contributed by atoms with Gasteiger partial charge in [0.25, 0.3) is 0 Å². The fourth-order valence-electron chi connectivity index (χ4n) is 2.41. The highest BCUT2D eigenvalue weighted by Gasteiger charge is 2.04. The van der Waals surface area contributed by atoms with Crippen LogP contribution in [-0.4, -0.2) is 5.78 Å². The molecule has 1 nitrogen and oxygen atoms in total. The van der Waals surface area contributed by atoms with Crippen LogP contribution in [0.5, 0.6) is 0 Å². The molecule has 0 aliphatic rings. The van der Waals surface area contributed by atoms with Crippen LogP contribution < -0.4 is 0 Å². The number of hydrogen-bond acceptors (Lipinski definition) is 1. The molecular weight excluding hydrogens is 220 g/mol. The van der Waals surface area contributed by atoms with E-state index in [2.05, 4.69) is 39.0 Å². The SMILES string of the molecule is CCCCCCCC(=O)Cc1cc(C)cc(C)c1. The Balaban J connectivity index is 2.31. The van der Waals surface area contributed by atoms with E-state index in [1.807, 2.05) is 0 Å². The lowest BCUT2D eigenvalue weighted by atomic mass is 10.0. The monoisotopic (exact) mass is 246 g/mol. The molecule has 0 heterocycles. The Labute approximate surface area is 112 Å². The third kappa shape index (κ3) is 6.00. The zero-order valence-corrected chi connectivity index (χ0v) is 12.1. The Morgan fingerprint density at radius 3 is 2.17 bits per heavy atom. The maximum atomic E-state index is 11.9. The van der Waals surface area contributed by atoms with Gasteiger partial charge in [-0.25, -0.2) is 0 Å². The summed E-state index contributed by atoms with van der Waals surface area (Å²) in [5.74, 6) is 0.386. The van der Waals surface area contributed by atoms with Crippen LogP contribution in [0.2, 0.25) is 0 Å². The highest BCUT2D eigenvalue weighted by molar-refractivity contribution is 5.80. The zero-order valence-electron chi connectivity index (χ0n) is 12.1. The molecule has 1 heteroatoms. The van der Waals surface area contributed by atoms with Crippen LogP contribution in [0.1, 0.15) is 62.1 Å². The summed E-state index contributed by atoms with van der Waals surface area (Å²) < 4.78 is 0. The van der Waals surface area contributed by atoms with Crippen molar-refractivity contribution >= 4 is 5.78 Å². The van der Waals surface area contributed by atoms with Crippen LogP contribution in [0.15, 0.2) is 18.2 Å². The van der Waals surface area contributed by atoms with Gasteiger partial charge in [0.05, 0.1) is 0 Å². The Morgan fingerprint density at radius 2 is 1.56 bits per heavy atom. The van der Waals surface area contributed by atoms with E-state index in [1.165, 1.54) is 42.4 Å². The van der Waals surface area contributed by atoms with E-state index in [9.17, 15) is 4.79 Å². The van der Waals surface area contributed by atoms with Crippen molar-refractivity contribution in [1.82, 2.24) is 0 Å². The third-order valence-electron chi connectivity index (χ3n) is 3.24. The Hall–Kier alpha value is -1.11. The lowest BCUT2D eigenvalue weighted by molar-refractivity contribution is -0.118. The van der Waals surface area contributed by atoms with Gasteiger partial charge in [0.1, 0.15) is 5.78 Å². The number of Topliss-reactive ketones (excluding diaryl/α,β-unsaturated/α-hetero) is 1. The first-order valence-electron chi connectivity index (χ1n) is 7.20. The Morgan fingerprint density at radius 1 is 0.944 bits per heavy atom. The maximum absolute atomic E-state index is 11.9. The molecular formula is C17H26O. The summed E-state index contributed by atoms with van der Waals surface area (Å²) in [5.41, 5.74) is 3.67. The van der Waals surface area contributed by atoms with Gasteiger partial charge in [-0.05, 0) is 25.8 Å². The highest BCUT2D eigenvalue weighted by Crippen LogP contribution is 2.12. The molecule has 0 fully saturated rings. The van der Waals surface area contributed by atoms with E-state index in [-0.39, 0.29) is 0 Å². The standard InChI is InChI=1S/C17H26O/c1-4-5-6-7-8-9-17(18)13-16-11-14(2)10-15(3)12-16/h10-12H,4-9,13H2,1-3H3. The first-order valence-corrected chi connectivity index (χ1v) is 7.20. The van der Waals surface area contributed by atoms with Crippen LogP contribution in [0.3, 0.4) is 0 Å². The predicted octanol–water partition coefficient (Wildman–Crippen LogP) is 4.78. The summed E-state index contributed by atoms with van der Waals surface area (Å²) >= 11 is 0. The molecule has 100 valence electrons. The molecule has 1 rings (SSSR count). The minimum absolute atomic E-state index is 0.386. The van der Waals surface area contributed by atoms with Crippen molar-refractivity contribution in [2.24, 2.45) is 0 Å². The number of ketones is 1. The van der Waals surface area contributed by atoms with Gasteiger partial charge in [0, 0.05) is 12.8 Å². The van der Waals surface area contributed by atoms with Crippen LogP contribution >= 0.6 is 0 Å². The normalized spacial score (nSPS) is 10.6. The molecule has 0 aliphatic heterocycles. The van der Waals surface area contributed by atoms with E-state index in [0.29, 0.717) is 12.2 Å². The molecule has 0 saturated carbocycles. The van der Waals surface area contributed by atoms with Crippen molar-refractivity contribution in [1.29, 1.82) is 0 Å². The lowest BCUT2D eigenvalue weighted by Crippen LogP contribution is -2.03. The molecule has 1 aromatic carbocycles. The molecule has 0 bridgehead atoms. The molecule has 0 N–H and O–H groups in total. The van der Waals surface area contributed by atoms with E-state index < -0.39 is 0 Å². The quantitative estimate of drug-likeness (QED) is 0.603. The minimum atomic E-state index is 0.386. The van der Waals surface area contributed by atoms with Gasteiger partial charge in [0.15, 0.2) is 0 Å². The number of carbonyl (C=O) groups excluding carboxylic acids is 1. The number of unbranched alkanes of at least 4 members (excludes halogenated alkanes) is 4. The zero-order chi connectivity index (χ0) is 13.4. The van der Waals surface area contributed by atoms with E-state index in [0.717, 1.165) is 12.8 Å². The highest BCUT2D eigenvalue weighted by atomic mass is 16.1. The number of aryl methyl sites for hydroxylation is 2. The van der Waals surface area contributed by atoms with Gasteiger partial charge in [-0.1, -0.05) is 61.9 Å². The van der Waals surface area contributed by atoms with Gasteiger partial charge in [0.2, 0.25) is 0 Å². The Kier molecular flexibility index (Phi) is 6.70. The van der Waals surface area contributed by atoms with Gasteiger partial charge < -0.3 is 0 Å². The van der Waals surface area contributed by atoms with Gasteiger partial charge in [-0.3, -0.25) is 4.79 Å². The summed E-state index contributed by atoms with van der Waals surface area (Å²) in [6.07, 6.45) is 7.44. The molecule has 1 aromatic rings. The summed E-state index contributed by atoms with van der Waals surface area (Å²) in [4.78, 5) is 11.9. The number of hydrogen-bond donors (Lipinski definition) is 0. The fraction of sp³-hybridized carbons (Fsp3) is 0.588. The van der Waals surface area contributed by atoms with Crippen LogP contribution in [0.4, 0.5) is 0 Å². The topological polar surface area (TPSA) is 17.1 Å². The molecule has 0 amide bonds. The number of benzene rings is 1. The summed E-state index contributed by atoms with van der Waals surface area (Å²) in [6, 6.07) is 6.41. The fourth-order valence-corrected chi connectivity index (χ4v) is 2.41. The van der Waals surface area contributed by atoms with Crippen LogP contribution in [0, 0.1) is 13.8 Å². The second-order valence-electron chi connectivity index (χ2n) is 5.38. The maximum Gasteiger partial charge on any atom is 0.137 e. The molecule has 0 unspecified atom stereocenters. The van der Waals surface area contributed by atoms with Gasteiger partial charge in [-0.2, -0.15) is 0 Å². The van der Waals surface area contributed by atoms with Gasteiger partial charge >= 0.3 is 0 Å². The van der Waals surface area contributed by atoms with Crippen molar-refractivity contribution in [3.05, 3.63) is 34.9 Å². The summed E-state index contributed by atoms with van der Waals surface area (Å²) in [7, 11) is 0. The van der Waals surface area contributed by atoms with Crippen LogP contribution in [0.25, 0.3) is 0 Å². The number of carbonyl (C=O) groups is 1. The molecule has 18 heavy (non-hydrogen) atoms. The first-order chi connectivity index (χ1) is 8.61. The molecule has 0 atom stereocenters. The first kappa shape index (κ1) is 14.9. The van der Waals surface area contributed by atoms with Crippen molar-refractivity contribution in [2.75, 3.05) is 0 Å². The largest absolute Gasteiger partial charge is 0.299 e. The van der Waals surface area contributed by atoms with Gasteiger partial charge in [-0.15, -0.1) is 0 Å². The average Bonchev–Trinajstić information content (AvgIpc) is 2.27. The molecule has 0 aliphatic carbocycles. The van der Waals surface area contributed by atoms with Crippen molar-refractivity contribution in [2.45, 2.75) is 65.7 Å². The third-order valence-corrected chi connectivity index (χ3v) is 3.24. The Bertz CT molecular complexity index is 359. The number of rotatable bonds is 8. The van der Waals surface area contributed by atoms with Crippen molar-refractivity contribution in [3.63, 3.8) is 0 Å². The second kappa shape index (κ2) is 8.07. The average molecular weight is 246 g/mol. The second-order valence-corrected chi connectivity index (χ2v) is 5.38. The summed E-state index contributed by atoms with van der Waals surface area (Å²) in [5, 5.41) is 0. The molecule has 0 spiro atoms. The van der Waals surface area contributed by atoms with Crippen molar-refractivity contribution < 1.29 is 4.79 Å². The molecule has 0 aromatic heterocycles. The summed E-state index contributed by atoms with van der Waals surface area (Å²) in [6.45, 7) is 6.39. The lowest BCUT2D eigenvalue weighted by Gasteiger charge is -2.05. The molecule has 0 radical (unpaired) electrons. The molecule has 0 saturated heterocycles. The van der Waals surface area contributed by atoms with Crippen molar-refractivity contribution in [3.8, 4) is 0 Å². The van der Waals surface area contributed by atoms with E-state index in [4.69, 9.17) is 0 Å².